The van der Waals surface area contributed by atoms with E-state index in [1.807, 2.05) is 6.07 Å². The predicted octanol–water partition coefficient (Wildman–Crippen LogP) is 3.82. The fourth-order valence-electron chi connectivity index (χ4n) is 1.72. The van der Waals surface area contributed by atoms with Crippen LogP contribution in [0, 0.1) is 0 Å². The molecule has 0 atom stereocenters. The minimum Gasteiger partial charge on any atom is -0.370 e. The van der Waals surface area contributed by atoms with Gasteiger partial charge in [-0.05, 0) is 36.1 Å². The van der Waals surface area contributed by atoms with E-state index in [0.717, 1.165) is 59.1 Å². The maximum Gasteiger partial charge on any atom is 0.176 e. The Morgan fingerprint density at radius 3 is 2.62 bits per heavy atom. The number of hydrogen-bond acceptors (Lipinski definition) is 7. The molecule has 1 N–H and O–H groups in total. The van der Waals surface area contributed by atoms with E-state index in [-0.39, 0.29) is 0 Å². The van der Waals surface area contributed by atoms with Gasteiger partial charge in [0.25, 0.3) is 0 Å². The van der Waals surface area contributed by atoms with Gasteiger partial charge in [-0.1, -0.05) is 20.8 Å². The third-order valence-electron chi connectivity index (χ3n) is 2.74. The second-order valence-electron chi connectivity index (χ2n) is 4.62. The van der Waals surface area contributed by atoms with Crippen molar-refractivity contribution in [2.75, 3.05) is 11.9 Å². The Morgan fingerprint density at radius 1 is 1.10 bits per heavy atom. The maximum absolute atomic E-state index is 4.61. The quantitative estimate of drug-likeness (QED) is 0.745. The fraction of sp³-hybridized carbons (Fsp3) is 0.571. The van der Waals surface area contributed by atoms with Crippen LogP contribution in [0.5, 0.6) is 0 Å². The van der Waals surface area contributed by atoms with Gasteiger partial charge in [0.05, 0.1) is 0 Å². The number of aromatic nitrogens is 4. The molecule has 5 nitrogen and oxygen atoms in total. The van der Waals surface area contributed by atoms with Gasteiger partial charge in [0.1, 0.15) is 22.5 Å². The number of hydrogen-bond donors (Lipinski definition) is 1. The van der Waals surface area contributed by atoms with Gasteiger partial charge >= 0.3 is 0 Å². The molecule has 0 bridgehead atoms. The van der Waals surface area contributed by atoms with Crippen LogP contribution in [0.15, 0.2) is 15.4 Å². The molecular weight excluding hydrogens is 302 g/mol. The molecule has 2 rings (SSSR count). The largest absolute Gasteiger partial charge is 0.370 e. The molecule has 7 heteroatoms. The zero-order chi connectivity index (χ0) is 15.1. The van der Waals surface area contributed by atoms with Crippen molar-refractivity contribution in [3.63, 3.8) is 0 Å². The van der Waals surface area contributed by atoms with Gasteiger partial charge in [-0.3, -0.25) is 0 Å². The Morgan fingerprint density at radius 2 is 1.95 bits per heavy atom. The molecule has 21 heavy (non-hydrogen) atoms. The lowest BCUT2D eigenvalue weighted by molar-refractivity contribution is 0.807. The minimum absolute atomic E-state index is 0.866. The third-order valence-corrected chi connectivity index (χ3v) is 4.44. The van der Waals surface area contributed by atoms with Crippen molar-refractivity contribution in [1.29, 1.82) is 0 Å². The first kappa shape index (κ1) is 16.2. The number of nitrogens with one attached hydrogen (secondary N) is 1. The Hall–Kier alpha value is -1.21. The normalized spacial score (nSPS) is 10.8. The molecule has 0 aliphatic carbocycles. The van der Waals surface area contributed by atoms with Gasteiger partial charge < -0.3 is 5.32 Å². The van der Waals surface area contributed by atoms with Crippen LogP contribution in [0.3, 0.4) is 0 Å². The van der Waals surface area contributed by atoms with E-state index in [1.165, 1.54) is 11.5 Å². The molecule has 2 heterocycles. The Bertz CT molecular complexity index is 570. The smallest absolute Gasteiger partial charge is 0.176 e. The van der Waals surface area contributed by atoms with Gasteiger partial charge in [-0.15, -0.1) is 0 Å². The zero-order valence-corrected chi connectivity index (χ0v) is 14.4. The number of anilines is 1. The lowest BCUT2D eigenvalue weighted by atomic mass is 10.3. The highest BCUT2D eigenvalue weighted by atomic mass is 32.2. The van der Waals surface area contributed by atoms with Crippen LogP contribution >= 0.6 is 23.3 Å². The van der Waals surface area contributed by atoms with Crippen LogP contribution in [-0.2, 0) is 12.8 Å². The van der Waals surface area contributed by atoms with E-state index < -0.39 is 0 Å². The summed E-state index contributed by atoms with van der Waals surface area (Å²) < 4.78 is 5.25. The van der Waals surface area contributed by atoms with Crippen LogP contribution in [0.1, 0.15) is 45.3 Å². The second-order valence-corrected chi connectivity index (χ2v) is 6.64. The molecule has 0 spiro atoms. The van der Waals surface area contributed by atoms with Crippen LogP contribution in [0.25, 0.3) is 0 Å². The van der Waals surface area contributed by atoms with Gasteiger partial charge in [-0.2, -0.15) is 4.37 Å². The summed E-state index contributed by atoms with van der Waals surface area (Å²) in [6.45, 7) is 7.27. The highest BCUT2D eigenvalue weighted by Gasteiger charge is 2.09. The summed E-state index contributed by atoms with van der Waals surface area (Å²) in [5.41, 5.74) is 0. The average molecular weight is 323 g/mol. The third kappa shape index (κ3) is 4.93. The first-order chi connectivity index (χ1) is 10.2. The van der Waals surface area contributed by atoms with Crippen LogP contribution < -0.4 is 5.32 Å². The van der Waals surface area contributed by atoms with E-state index in [4.69, 9.17) is 0 Å². The molecule has 0 aliphatic heterocycles. The van der Waals surface area contributed by atoms with Crippen molar-refractivity contribution in [2.24, 2.45) is 0 Å². The second kappa shape index (κ2) is 8.29. The van der Waals surface area contributed by atoms with Crippen molar-refractivity contribution < 1.29 is 0 Å². The Balaban J connectivity index is 2.17. The Labute approximate surface area is 134 Å². The van der Waals surface area contributed by atoms with Gasteiger partial charge in [0, 0.05) is 25.5 Å². The van der Waals surface area contributed by atoms with Crippen LogP contribution in [0.4, 0.5) is 5.82 Å². The molecule has 0 saturated carbocycles. The summed E-state index contributed by atoms with van der Waals surface area (Å²) in [4.78, 5) is 13.6. The Kier molecular flexibility index (Phi) is 6.38. The summed E-state index contributed by atoms with van der Waals surface area (Å²) in [6.07, 6.45) is 3.88. The molecular formula is C14H21N5S2. The van der Waals surface area contributed by atoms with Crippen molar-refractivity contribution >= 4 is 29.1 Å². The van der Waals surface area contributed by atoms with E-state index in [2.05, 4.69) is 45.4 Å². The molecule has 0 unspecified atom stereocenters. The number of aryl methyl sites for hydroxylation is 2. The SMILES string of the molecule is CCCNc1cc(Sc2nc(CC)ns2)nc(CCC)n1. The molecule has 0 amide bonds. The summed E-state index contributed by atoms with van der Waals surface area (Å²) in [7, 11) is 0. The van der Waals surface area contributed by atoms with E-state index in [9.17, 15) is 0 Å². The monoisotopic (exact) mass is 323 g/mol. The van der Waals surface area contributed by atoms with Crippen molar-refractivity contribution in [2.45, 2.75) is 55.8 Å². The fourth-order valence-corrected chi connectivity index (χ4v) is 3.38. The lowest BCUT2D eigenvalue weighted by Crippen LogP contribution is -2.05. The summed E-state index contributed by atoms with van der Waals surface area (Å²) in [6, 6.07) is 1.99. The minimum atomic E-state index is 0.866. The summed E-state index contributed by atoms with van der Waals surface area (Å²) in [5.74, 6) is 2.69. The highest BCUT2D eigenvalue weighted by Crippen LogP contribution is 2.29. The standard InChI is InChI=1S/C14H21N5S2/c1-4-7-11-16-12(15-8-5-2)9-13(17-11)20-14-18-10(6-3)19-21-14/h9H,4-8H2,1-3H3,(H,15,16,17). The predicted molar refractivity (Wildman–Crippen MR) is 88.2 cm³/mol. The van der Waals surface area contributed by atoms with Gasteiger partial charge in [0.15, 0.2) is 4.34 Å². The molecule has 0 saturated heterocycles. The molecule has 0 fully saturated rings. The van der Waals surface area contributed by atoms with Crippen molar-refractivity contribution in [1.82, 2.24) is 19.3 Å². The zero-order valence-electron chi connectivity index (χ0n) is 12.7. The van der Waals surface area contributed by atoms with Gasteiger partial charge in [-0.25, -0.2) is 15.0 Å². The molecule has 114 valence electrons. The van der Waals surface area contributed by atoms with Gasteiger partial charge in [0.2, 0.25) is 0 Å². The van der Waals surface area contributed by atoms with Crippen LogP contribution in [0.2, 0.25) is 0 Å². The molecule has 0 aromatic carbocycles. The summed E-state index contributed by atoms with van der Waals surface area (Å²) in [5, 5.41) is 4.27. The van der Waals surface area contributed by atoms with Crippen LogP contribution in [-0.4, -0.2) is 25.9 Å². The maximum atomic E-state index is 4.61. The van der Waals surface area contributed by atoms with Crippen molar-refractivity contribution in [3.05, 3.63) is 17.7 Å². The van der Waals surface area contributed by atoms with E-state index >= 15 is 0 Å². The molecule has 2 aromatic rings. The summed E-state index contributed by atoms with van der Waals surface area (Å²) >= 11 is 3.00. The lowest BCUT2D eigenvalue weighted by Gasteiger charge is -2.08. The molecule has 0 radical (unpaired) electrons. The first-order valence-corrected chi connectivity index (χ1v) is 8.96. The molecule has 0 aliphatic rings. The van der Waals surface area contributed by atoms with Crippen molar-refractivity contribution in [3.8, 4) is 0 Å². The molecule has 2 aromatic heterocycles. The average Bonchev–Trinajstić information content (AvgIpc) is 2.93. The first-order valence-electron chi connectivity index (χ1n) is 7.37. The highest BCUT2D eigenvalue weighted by molar-refractivity contribution is 8.00. The number of rotatable bonds is 8. The topological polar surface area (TPSA) is 63.6 Å². The number of nitrogens with zero attached hydrogens (tertiary/aromatic N) is 4. The van der Waals surface area contributed by atoms with E-state index in [1.54, 1.807) is 11.8 Å². The van der Waals surface area contributed by atoms with E-state index in [0.29, 0.717) is 0 Å².